The highest BCUT2D eigenvalue weighted by Crippen LogP contribution is 2.23. The lowest BCUT2D eigenvalue weighted by Gasteiger charge is -2.34. The number of aryl methyl sites for hydroxylation is 2. The summed E-state index contributed by atoms with van der Waals surface area (Å²) < 4.78 is 29.3. The number of piperazine rings is 1. The maximum absolute atomic E-state index is 13.1. The van der Waals surface area contributed by atoms with Crippen molar-refractivity contribution in [1.29, 1.82) is 0 Å². The molecule has 0 aliphatic carbocycles. The van der Waals surface area contributed by atoms with Crippen LogP contribution in [0.25, 0.3) is 5.69 Å². The Bertz CT molecular complexity index is 1160. The molecule has 1 aliphatic heterocycles. The van der Waals surface area contributed by atoms with E-state index in [1.165, 1.54) is 4.31 Å². The van der Waals surface area contributed by atoms with Gasteiger partial charge in [-0.05, 0) is 49.2 Å². The van der Waals surface area contributed by atoms with Gasteiger partial charge in [-0.15, -0.1) is 0 Å². The number of hydrogen-bond donors (Lipinski definition) is 0. The molecule has 30 heavy (non-hydrogen) atoms. The molecule has 1 saturated heterocycles. The zero-order valence-electron chi connectivity index (χ0n) is 17.0. The van der Waals surface area contributed by atoms with Crippen molar-refractivity contribution in [2.45, 2.75) is 18.7 Å². The Balaban J connectivity index is 1.45. The smallest absolute Gasteiger partial charge is 0.274 e. The van der Waals surface area contributed by atoms with E-state index in [1.807, 2.05) is 49.4 Å². The van der Waals surface area contributed by atoms with Crippen molar-refractivity contribution in [3.05, 3.63) is 77.6 Å². The molecule has 0 spiro atoms. The fraction of sp³-hybridized carbons (Fsp3) is 0.273. The molecule has 1 amide bonds. The summed E-state index contributed by atoms with van der Waals surface area (Å²) >= 11 is 0. The van der Waals surface area contributed by atoms with E-state index in [9.17, 15) is 13.2 Å². The van der Waals surface area contributed by atoms with Gasteiger partial charge >= 0.3 is 0 Å². The van der Waals surface area contributed by atoms with E-state index in [-0.39, 0.29) is 19.0 Å². The lowest BCUT2D eigenvalue weighted by Crippen LogP contribution is -2.50. The lowest BCUT2D eigenvalue weighted by molar-refractivity contribution is 0.0691. The summed E-state index contributed by atoms with van der Waals surface area (Å²) in [5.74, 6) is -0.187. The fourth-order valence-corrected chi connectivity index (χ4v) is 5.31. The van der Waals surface area contributed by atoms with Crippen molar-refractivity contribution in [2.75, 3.05) is 26.2 Å². The van der Waals surface area contributed by atoms with E-state index in [1.54, 1.807) is 34.8 Å². The molecule has 0 atom stereocenters. The zero-order valence-corrected chi connectivity index (χ0v) is 17.8. The Kier molecular flexibility index (Phi) is 5.44. The summed E-state index contributed by atoms with van der Waals surface area (Å²) in [5, 5.41) is 4.39. The van der Waals surface area contributed by atoms with Crippen LogP contribution in [0.15, 0.2) is 65.7 Å². The summed E-state index contributed by atoms with van der Waals surface area (Å²) in [6.45, 7) is 4.88. The van der Waals surface area contributed by atoms with Gasteiger partial charge in [-0.2, -0.15) is 9.40 Å². The average Bonchev–Trinajstić information content (AvgIpc) is 3.26. The maximum atomic E-state index is 13.1. The Morgan fingerprint density at radius 2 is 1.63 bits per heavy atom. The Labute approximate surface area is 176 Å². The molecule has 8 heteroatoms. The molecule has 0 N–H and O–H groups in total. The van der Waals surface area contributed by atoms with Gasteiger partial charge in [0.25, 0.3) is 5.91 Å². The van der Waals surface area contributed by atoms with Crippen LogP contribution in [-0.2, 0) is 10.0 Å². The third kappa shape index (κ3) is 3.88. The molecule has 156 valence electrons. The number of carbonyl (C=O) groups is 1. The largest absolute Gasteiger partial charge is 0.335 e. The van der Waals surface area contributed by atoms with Crippen molar-refractivity contribution in [3.63, 3.8) is 0 Å². The SMILES string of the molecule is Cc1ccc(C)c(S(=O)(=O)N2CCN(C(=O)c3ccn(-c4ccccc4)n3)CC2)c1. The highest BCUT2D eigenvalue weighted by molar-refractivity contribution is 7.89. The monoisotopic (exact) mass is 424 g/mol. The van der Waals surface area contributed by atoms with Crippen molar-refractivity contribution in [1.82, 2.24) is 19.0 Å². The number of aromatic nitrogens is 2. The summed E-state index contributed by atoms with van der Waals surface area (Å²) in [6, 6.07) is 16.7. The third-order valence-electron chi connectivity index (χ3n) is 5.32. The standard InChI is InChI=1S/C22H24N4O3S/c1-17-8-9-18(2)21(16-17)30(28,29)25-14-12-24(13-15-25)22(27)20-10-11-26(23-20)19-6-4-3-5-7-19/h3-11,16H,12-15H2,1-2H3. The molecule has 0 saturated carbocycles. The number of rotatable bonds is 4. The minimum atomic E-state index is -3.59. The van der Waals surface area contributed by atoms with Crippen molar-refractivity contribution >= 4 is 15.9 Å². The average molecular weight is 425 g/mol. The van der Waals surface area contributed by atoms with Crippen LogP contribution in [0.3, 0.4) is 0 Å². The van der Waals surface area contributed by atoms with E-state index in [0.29, 0.717) is 23.7 Å². The zero-order chi connectivity index (χ0) is 21.3. The summed E-state index contributed by atoms with van der Waals surface area (Å²) in [5.41, 5.74) is 2.86. The number of nitrogens with zero attached hydrogens (tertiary/aromatic N) is 4. The van der Waals surface area contributed by atoms with Crippen LogP contribution < -0.4 is 0 Å². The summed E-state index contributed by atoms with van der Waals surface area (Å²) in [7, 11) is -3.59. The third-order valence-corrected chi connectivity index (χ3v) is 7.36. The number of carbonyl (C=O) groups excluding carboxylic acids is 1. The van der Waals surface area contributed by atoms with E-state index in [0.717, 1.165) is 16.8 Å². The van der Waals surface area contributed by atoms with Crippen LogP contribution in [0.2, 0.25) is 0 Å². The molecule has 7 nitrogen and oxygen atoms in total. The van der Waals surface area contributed by atoms with E-state index in [2.05, 4.69) is 5.10 Å². The number of benzene rings is 2. The summed E-state index contributed by atoms with van der Waals surface area (Å²) in [6.07, 6.45) is 1.75. The highest BCUT2D eigenvalue weighted by atomic mass is 32.2. The van der Waals surface area contributed by atoms with E-state index in [4.69, 9.17) is 0 Å². The van der Waals surface area contributed by atoms with Crippen molar-refractivity contribution in [3.8, 4) is 5.69 Å². The van der Waals surface area contributed by atoms with Gasteiger partial charge in [0, 0.05) is 32.4 Å². The predicted molar refractivity (Wildman–Crippen MR) is 114 cm³/mol. The molecule has 2 aromatic carbocycles. The first-order chi connectivity index (χ1) is 14.4. The van der Waals surface area contributed by atoms with Crippen LogP contribution in [0.1, 0.15) is 21.6 Å². The second-order valence-corrected chi connectivity index (χ2v) is 9.35. The molecular weight excluding hydrogens is 400 g/mol. The molecule has 1 aliphatic rings. The highest BCUT2D eigenvalue weighted by Gasteiger charge is 2.32. The quantitative estimate of drug-likeness (QED) is 0.645. The number of hydrogen-bond acceptors (Lipinski definition) is 4. The Morgan fingerprint density at radius 1 is 0.933 bits per heavy atom. The number of para-hydroxylation sites is 1. The second kappa shape index (κ2) is 8.04. The Morgan fingerprint density at radius 3 is 2.33 bits per heavy atom. The fourth-order valence-electron chi connectivity index (χ4n) is 3.58. The molecule has 4 rings (SSSR count). The van der Waals surface area contributed by atoms with Gasteiger partial charge < -0.3 is 4.90 Å². The molecule has 2 heterocycles. The minimum absolute atomic E-state index is 0.187. The minimum Gasteiger partial charge on any atom is -0.335 e. The summed E-state index contributed by atoms with van der Waals surface area (Å²) in [4.78, 5) is 14.8. The van der Waals surface area contributed by atoms with Gasteiger partial charge in [-0.3, -0.25) is 4.79 Å². The van der Waals surface area contributed by atoms with Crippen molar-refractivity contribution in [2.24, 2.45) is 0 Å². The van der Waals surface area contributed by atoms with E-state index < -0.39 is 10.0 Å². The molecule has 0 unspecified atom stereocenters. The number of sulfonamides is 1. The van der Waals surface area contributed by atoms with Gasteiger partial charge in [0.05, 0.1) is 10.6 Å². The van der Waals surface area contributed by atoms with Gasteiger partial charge in [0.15, 0.2) is 5.69 Å². The molecule has 3 aromatic rings. The van der Waals surface area contributed by atoms with Crippen LogP contribution >= 0.6 is 0 Å². The van der Waals surface area contributed by atoms with Gasteiger partial charge in [0.1, 0.15) is 0 Å². The first kappa shape index (κ1) is 20.3. The van der Waals surface area contributed by atoms with Gasteiger partial charge in [-0.1, -0.05) is 30.3 Å². The molecule has 1 fully saturated rings. The molecular formula is C22H24N4O3S. The molecule has 0 radical (unpaired) electrons. The number of amides is 1. The Hall–Kier alpha value is -2.97. The normalized spacial score (nSPS) is 15.3. The van der Waals surface area contributed by atoms with Crippen LogP contribution in [0, 0.1) is 13.8 Å². The molecule has 0 bridgehead atoms. The molecule has 1 aromatic heterocycles. The van der Waals surface area contributed by atoms with Crippen LogP contribution in [0.5, 0.6) is 0 Å². The van der Waals surface area contributed by atoms with Gasteiger partial charge in [0.2, 0.25) is 10.0 Å². The topological polar surface area (TPSA) is 75.5 Å². The first-order valence-corrected chi connectivity index (χ1v) is 11.3. The van der Waals surface area contributed by atoms with Crippen LogP contribution in [0.4, 0.5) is 0 Å². The van der Waals surface area contributed by atoms with Crippen LogP contribution in [-0.4, -0.2) is 59.5 Å². The lowest BCUT2D eigenvalue weighted by atomic mass is 10.2. The maximum Gasteiger partial charge on any atom is 0.274 e. The van der Waals surface area contributed by atoms with E-state index >= 15 is 0 Å². The predicted octanol–water partition coefficient (Wildman–Crippen LogP) is 2.64. The first-order valence-electron chi connectivity index (χ1n) is 9.84. The van der Waals surface area contributed by atoms with Gasteiger partial charge in [-0.25, -0.2) is 13.1 Å². The van der Waals surface area contributed by atoms with Crippen molar-refractivity contribution < 1.29 is 13.2 Å². The second-order valence-electron chi connectivity index (χ2n) is 7.45.